The van der Waals surface area contributed by atoms with Crippen LogP contribution in [0.2, 0.25) is 0 Å². The predicted molar refractivity (Wildman–Crippen MR) is 75.4 cm³/mol. The van der Waals surface area contributed by atoms with E-state index in [0.29, 0.717) is 6.54 Å². The summed E-state index contributed by atoms with van der Waals surface area (Å²) < 4.78 is 0. The van der Waals surface area contributed by atoms with E-state index in [2.05, 4.69) is 41.2 Å². The smallest absolute Gasteiger partial charge is 0.128 e. The van der Waals surface area contributed by atoms with Crippen molar-refractivity contribution in [2.24, 2.45) is 5.73 Å². The highest BCUT2D eigenvalue weighted by Crippen LogP contribution is 2.13. The number of pyridine rings is 1. The van der Waals surface area contributed by atoms with Gasteiger partial charge in [-0.15, -0.1) is 0 Å². The normalized spacial score (nSPS) is 10.4. The van der Waals surface area contributed by atoms with Crippen LogP contribution in [0.1, 0.15) is 16.8 Å². The summed E-state index contributed by atoms with van der Waals surface area (Å²) in [5, 5.41) is 0. The van der Waals surface area contributed by atoms with Crippen LogP contribution in [-0.4, -0.2) is 12.0 Å². The molecule has 2 rings (SSSR count). The van der Waals surface area contributed by atoms with E-state index in [4.69, 9.17) is 5.73 Å². The monoisotopic (exact) mass is 241 g/mol. The second-order valence-corrected chi connectivity index (χ2v) is 4.51. The van der Waals surface area contributed by atoms with Crippen LogP contribution in [-0.2, 0) is 13.1 Å². The quantitative estimate of drug-likeness (QED) is 0.894. The SMILES string of the molecule is Cc1cccc(N(C)Cc2ccc(CN)cc2)n1. The summed E-state index contributed by atoms with van der Waals surface area (Å²) in [5.74, 6) is 0.998. The molecule has 0 spiro atoms. The number of hydrogen-bond donors (Lipinski definition) is 1. The Morgan fingerprint density at radius 2 is 1.72 bits per heavy atom. The first-order valence-electron chi connectivity index (χ1n) is 6.12. The van der Waals surface area contributed by atoms with Crippen LogP contribution in [0.4, 0.5) is 5.82 Å². The third-order valence-electron chi connectivity index (χ3n) is 2.94. The van der Waals surface area contributed by atoms with Crippen molar-refractivity contribution >= 4 is 5.82 Å². The van der Waals surface area contributed by atoms with Gasteiger partial charge in [0.2, 0.25) is 0 Å². The van der Waals surface area contributed by atoms with E-state index in [-0.39, 0.29) is 0 Å². The van der Waals surface area contributed by atoms with Crippen molar-refractivity contribution in [3.8, 4) is 0 Å². The van der Waals surface area contributed by atoms with Crippen molar-refractivity contribution in [2.75, 3.05) is 11.9 Å². The molecule has 18 heavy (non-hydrogen) atoms. The number of aromatic nitrogens is 1. The molecule has 0 aliphatic rings. The number of nitrogens with two attached hydrogens (primary N) is 1. The molecule has 3 heteroatoms. The lowest BCUT2D eigenvalue weighted by atomic mass is 10.1. The number of nitrogens with zero attached hydrogens (tertiary/aromatic N) is 2. The third kappa shape index (κ3) is 3.08. The highest BCUT2D eigenvalue weighted by Gasteiger charge is 2.03. The van der Waals surface area contributed by atoms with E-state index in [0.717, 1.165) is 23.6 Å². The van der Waals surface area contributed by atoms with Crippen molar-refractivity contribution in [1.29, 1.82) is 0 Å². The van der Waals surface area contributed by atoms with E-state index < -0.39 is 0 Å². The summed E-state index contributed by atoms with van der Waals surface area (Å²) in [6.07, 6.45) is 0. The zero-order chi connectivity index (χ0) is 13.0. The first-order valence-corrected chi connectivity index (χ1v) is 6.12. The molecular weight excluding hydrogens is 222 g/mol. The molecule has 0 atom stereocenters. The highest BCUT2D eigenvalue weighted by molar-refractivity contribution is 5.39. The zero-order valence-electron chi connectivity index (χ0n) is 10.9. The van der Waals surface area contributed by atoms with Crippen molar-refractivity contribution < 1.29 is 0 Å². The summed E-state index contributed by atoms with van der Waals surface area (Å²) in [7, 11) is 2.05. The van der Waals surface area contributed by atoms with Gasteiger partial charge in [0.1, 0.15) is 5.82 Å². The molecule has 1 heterocycles. The maximum absolute atomic E-state index is 5.59. The summed E-state index contributed by atoms with van der Waals surface area (Å²) in [6.45, 7) is 3.45. The first kappa shape index (κ1) is 12.6. The van der Waals surface area contributed by atoms with Gasteiger partial charge in [-0.1, -0.05) is 30.3 Å². The third-order valence-corrected chi connectivity index (χ3v) is 2.94. The van der Waals surface area contributed by atoms with Gasteiger partial charge in [-0.3, -0.25) is 0 Å². The standard InChI is InChI=1S/C15H19N3/c1-12-4-3-5-15(17-12)18(2)11-14-8-6-13(10-16)7-9-14/h3-9H,10-11,16H2,1-2H3. The molecule has 1 aromatic heterocycles. The minimum atomic E-state index is 0.593. The molecule has 0 unspecified atom stereocenters. The molecule has 0 saturated heterocycles. The fourth-order valence-electron chi connectivity index (χ4n) is 1.88. The van der Waals surface area contributed by atoms with Crippen LogP contribution in [0, 0.1) is 6.92 Å². The molecular formula is C15H19N3. The Bertz CT molecular complexity index is 505. The first-order chi connectivity index (χ1) is 8.69. The average Bonchev–Trinajstić information content (AvgIpc) is 2.39. The van der Waals surface area contributed by atoms with Crippen LogP contribution < -0.4 is 10.6 Å². The molecule has 1 aromatic carbocycles. The molecule has 3 nitrogen and oxygen atoms in total. The fourth-order valence-corrected chi connectivity index (χ4v) is 1.88. The van der Waals surface area contributed by atoms with Gasteiger partial charge in [0.25, 0.3) is 0 Å². The number of aryl methyl sites for hydroxylation is 1. The molecule has 0 aliphatic carbocycles. The highest BCUT2D eigenvalue weighted by atomic mass is 15.2. The Hall–Kier alpha value is -1.87. The Balaban J connectivity index is 2.08. The van der Waals surface area contributed by atoms with Gasteiger partial charge >= 0.3 is 0 Å². The summed E-state index contributed by atoms with van der Waals surface area (Å²) in [5.41, 5.74) is 9.05. The molecule has 0 bridgehead atoms. The minimum absolute atomic E-state index is 0.593. The number of anilines is 1. The van der Waals surface area contributed by atoms with Crippen molar-refractivity contribution in [1.82, 2.24) is 4.98 Å². The molecule has 0 radical (unpaired) electrons. The maximum atomic E-state index is 5.59. The molecule has 2 N–H and O–H groups in total. The van der Waals surface area contributed by atoms with Crippen LogP contribution in [0.3, 0.4) is 0 Å². The van der Waals surface area contributed by atoms with Gasteiger partial charge in [-0.2, -0.15) is 0 Å². The van der Waals surface area contributed by atoms with Crippen molar-refractivity contribution in [2.45, 2.75) is 20.0 Å². The lowest BCUT2D eigenvalue weighted by molar-refractivity contribution is 0.890. The molecule has 0 fully saturated rings. The summed E-state index contributed by atoms with van der Waals surface area (Å²) >= 11 is 0. The van der Waals surface area contributed by atoms with E-state index >= 15 is 0 Å². The second-order valence-electron chi connectivity index (χ2n) is 4.51. The van der Waals surface area contributed by atoms with Gasteiger partial charge in [-0.25, -0.2) is 4.98 Å². The van der Waals surface area contributed by atoms with Gasteiger partial charge in [-0.05, 0) is 30.2 Å². The lowest BCUT2D eigenvalue weighted by Gasteiger charge is -2.18. The maximum Gasteiger partial charge on any atom is 0.128 e. The fraction of sp³-hybridized carbons (Fsp3) is 0.267. The Morgan fingerprint density at radius 1 is 1.06 bits per heavy atom. The van der Waals surface area contributed by atoms with E-state index in [1.54, 1.807) is 0 Å². The second kappa shape index (κ2) is 5.65. The van der Waals surface area contributed by atoms with Gasteiger partial charge < -0.3 is 10.6 Å². The Kier molecular flexibility index (Phi) is 3.95. The zero-order valence-corrected chi connectivity index (χ0v) is 10.9. The molecule has 94 valence electrons. The minimum Gasteiger partial charge on any atom is -0.355 e. The van der Waals surface area contributed by atoms with Gasteiger partial charge in [0.05, 0.1) is 0 Å². The number of rotatable bonds is 4. The molecule has 2 aromatic rings. The predicted octanol–water partition coefficient (Wildman–Crippen LogP) is 2.49. The van der Waals surface area contributed by atoms with Crippen molar-refractivity contribution in [3.05, 3.63) is 59.3 Å². The molecule has 0 amide bonds. The summed E-state index contributed by atoms with van der Waals surface area (Å²) in [6, 6.07) is 14.5. The van der Waals surface area contributed by atoms with Crippen LogP contribution in [0.15, 0.2) is 42.5 Å². The Labute approximate surface area is 108 Å². The van der Waals surface area contributed by atoms with Crippen LogP contribution in [0.25, 0.3) is 0 Å². The largest absolute Gasteiger partial charge is 0.355 e. The van der Waals surface area contributed by atoms with E-state index in [9.17, 15) is 0 Å². The molecule has 0 aliphatic heterocycles. The van der Waals surface area contributed by atoms with Crippen LogP contribution in [0.5, 0.6) is 0 Å². The average molecular weight is 241 g/mol. The van der Waals surface area contributed by atoms with Gasteiger partial charge in [0.15, 0.2) is 0 Å². The summed E-state index contributed by atoms with van der Waals surface area (Å²) in [4.78, 5) is 6.65. The number of benzene rings is 1. The lowest BCUT2D eigenvalue weighted by Crippen LogP contribution is -2.17. The van der Waals surface area contributed by atoms with Crippen LogP contribution >= 0.6 is 0 Å². The number of hydrogen-bond acceptors (Lipinski definition) is 3. The van der Waals surface area contributed by atoms with Crippen molar-refractivity contribution in [3.63, 3.8) is 0 Å². The van der Waals surface area contributed by atoms with Gasteiger partial charge in [0, 0.05) is 25.8 Å². The van der Waals surface area contributed by atoms with E-state index in [1.165, 1.54) is 5.56 Å². The topological polar surface area (TPSA) is 42.1 Å². The van der Waals surface area contributed by atoms with E-state index in [1.807, 2.05) is 25.1 Å². The Morgan fingerprint density at radius 3 is 2.33 bits per heavy atom. The molecule has 0 saturated carbocycles.